The standard InChI is InChI=1S/C24H34N4O5S/c1-3-28(4-2)34(31,32)19-12-13-21(27-15-6-5-7-16-27)20(18-19)26-23(29)11-8-14-25-24(30)22-10-9-17-33-22/h9-10,12-13,17-18H,3-8,11,14-16H2,1-2H3,(H,25,30)(H,26,29). The largest absolute Gasteiger partial charge is 0.459 e. The zero-order valence-corrected chi connectivity index (χ0v) is 20.7. The fraction of sp³-hybridized carbons (Fsp3) is 0.500. The Bertz CT molecular complexity index is 1060. The van der Waals surface area contributed by atoms with Gasteiger partial charge in [-0.25, -0.2) is 8.42 Å². The summed E-state index contributed by atoms with van der Waals surface area (Å²) >= 11 is 0. The van der Waals surface area contributed by atoms with Gasteiger partial charge in [0.1, 0.15) is 0 Å². The van der Waals surface area contributed by atoms with Crippen LogP contribution in [0.2, 0.25) is 0 Å². The first-order valence-electron chi connectivity index (χ1n) is 11.9. The highest BCUT2D eigenvalue weighted by molar-refractivity contribution is 7.89. The van der Waals surface area contributed by atoms with Crippen molar-refractivity contribution in [2.75, 3.05) is 42.9 Å². The fourth-order valence-corrected chi connectivity index (χ4v) is 5.54. The first-order valence-corrected chi connectivity index (χ1v) is 13.3. The molecule has 1 aliphatic rings. The second-order valence-electron chi connectivity index (χ2n) is 8.20. The SMILES string of the molecule is CCN(CC)S(=O)(=O)c1ccc(N2CCCCC2)c(NC(=O)CCCNC(=O)c2ccco2)c1. The lowest BCUT2D eigenvalue weighted by molar-refractivity contribution is -0.116. The van der Waals surface area contributed by atoms with Crippen molar-refractivity contribution in [2.24, 2.45) is 0 Å². The molecule has 0 saturated carbocycles. The Kier molecular flexibility index (Phi) is 9.12. The van der Waals surface area contributed by atoms with Crippen LogP contribution in [0.15, 0.2) is 45.9 Å². The summed E-state index contributed by atoms with van der Waals surface area (Å²) in [6, 6.07) is 8.19. The molecule has 0 radical (unpaired) electrons. The average Bonchev–Trinajstić information content (AvgIpc) is 3.38. The van der Waals surface area contributed by atoms with Gasteiger partial charge in [-0.05, 0) is 56.0 Å². The molecule has 1 aromatic heterocycles. The van der Waals surface area contributed by atoms with Gasteiger partial charge in [-0.1, -0.05) is 13.8 Å². The van der Waals surface area contributed by atoms with Crippen molar-refractivity contribution in [1.29, 1.82) is 0 Å². The van der Waals surface area contributed by atoms with E-state index in [2.05, 4.69) is 15.5 Å². The molecule has 1 saturated heterocycles. The molecule has 3 rings (SSSR count). The number of hydrogen-bond donors (Lipinski definition) is 2. The number of sulfonamides is 1. The van der Waals surface area contributed by atoms with E-state index in [-0.39, 0.29) is 28.9 Å². The van der Waals surface area contributed by atoms with E-state index >= 15 is 0 Å². The lowest BCUT2D eigenvalue weighted by atomic mass is 10.1. The quantitative estimate of drug-likeness (QED) is 0.467. The Balaban J connectivity index is 1.70. The highest BCUT2D eigenvalue weighted by Crippen LogP contribution is 2.32. The number of rotatable bonds is 11. The molecule has 0 aliphatic carbocycles. The van der Waals surface area contributed by atoms with E-state index in [1.54, 1.807) is 44.2 Å². The van der Waals surface area contributed by atoms with Crippen LogP contribution < -0.4 is 15.5 Å². The molecule has 2 aromatic rings. The maximum absolute atomic E-state index is 13.0. The van der Waals surface area contributed by atoms with Crippen molar-refractivity contribution in [3.63, 3.8) is 0 Å². The highest BCUT2D eigenvalue weighted by atomic mass is 32.2. The lowest BCUT2D eigenvalue weighted by Crippen LogP contribution is -2.32. The van der Waals surface area contributed by atoms with E-state index in [4.69, 9.17) is 4.42 Å². The molecule has 186 valence electrons. The Labute approximate surface area is 201 Å². The van der Waals surface area contributed by atoms with Gasteiger partial charge in [0, 0.05) is 39.1 Å². The van der Waals surface area contributed by atoms with Crippen LogP contribution in [0.1, 0.15) is 56.5 Å². The van der Waals surface area contributed by atoms with Crippen molar-refractivity contribution >= 4 is 33.2 Å². The lowest BCUT2D eigenvalue weighted by Gasteiger charge is -2.31. The van der Waals surface area contributed by atoms with Crippen LogP contribution in [-0.4, -0.2) is 57.3 Å². The molecular weight excluding hydrogens is 456 g/mol. The van der Waals surface area contributed by atoms with Crippen LogP contribution in [0, 0.1) is 0 Å². The number of anilines is 2. The minimum Gasteiger partial charge on any atom is -0.459 e. The van der Waals surface area contributed by atoms with Crippen LogP contribution in [0.3, 0.4) is 0 Å². The summed E-state index contributed by atoms with van der Waals surface area (Å²) in [5, 5.41) is 5.63. The monoisotopic (exact) mass is 490 g/mol. The maximum Gasteiger partial charge on any atom is 0.286 e. The summed E-state index contributed by atoms with van der Waals surface area (Å²) in [4.78, 5) is 27.0. The van der Waals surface area contributed by atoms with E-state index in [1.807, 2.05) is 0 Å². The van der Waals surface area contributed by atoms with Gasteiger partial charge in [-0.2, -0.15) is 4.31 Å². The van der Waals surface area contributed by atoms with Crippen molar-refractivity contribution in [3.05, 3.63) is 42.4 Å². The van der Waals surface area contributed by atoms with Crippen LogP contribution in [0.5, 0.6) is 0 Å². The fourth-order valence-electron chi connectivity index (χ4n) is 4.06. The molecule has 0 bridgehead atoms. The predicted molar refractivity (Wildman–Crippen MR) is 132 cm³/mol. The Morgan fingerprint density at radius 1 is 1.09 bits per heavy atom. The zero-order chi connectivity index (χ0) is 24.6. The van der Waals surface area contributed by atoms with Gasteiger partial charge in [0.2, 0.25) is 15.9 Å². The van der Waals surface area contributed by atoms with Gasteiger partial charge < -0.3 is 20.0 Å². The maximum atomic E-state index is 13.0. The summed E-state index contributed by atoms with van der Waals surface area (Å²) in [5.74, 6) is -0.336. The molecule has 2 N–H and O–H groups in total. The number of furan rings is 1. The van der Waals surface area contributed by atoms with Crippen molar-refractivity contribution in [3.8, 4) is 0 Å². The van der Waals surface area contributed by atoms with E-state index in [0.29, 0.717) is 31.7 Å². The summed E-state index contributed by atoms with van der Waals surface area (Å²) in [5.41, 5.74) is 1.33. The summed E-state index contributed by atoms with van der Waals surface area (Å²) in [7, 11) is -3.65. The molecule has 0 spiro atoms. The van der Waals surface area contributed by atoms with Crippen molar-refractivity contribution < 1.29 is 22.4 Å². The number of amides is 2. The molecule has 1 aromatic carbocycles. The van der Waals surface area contributed by atoms with Crippen LogP contribution in [-0.2, 0) is 14.8 Å². The molecular formula is C24H34N4O5S. The molecule has 9 nitrogen and oxygen atoms in total. The number of piperidine rings is 1. The minimum atomic E-state index is -3.65. The molecule has 2 amide bonds. The van der Waals surface area contributed by atoms with E-state index in [9.17, 15) is 18.0 Å². The second-order valence-corrected chi connectivity index (χ2v) is 10.1. The molecule has 0 unspecified atom stereocenters. The van der Waals surface area contributed by atoms with E-state index in [0.717, 1.165) is 38.0 Å². The second kappa shape index (κ2) is 12.0. The van der Waals surface area contributed by atoms with E-state index < -0.39 is 10.0 Å². The van der Waals surface area contributed by atoms with Crippen molar-refractivity contribution in [2.45, 2.75) is 50.8 Å². The Morgan fingerprint density at radius 2 is 1.82 bits per heavy atom. The number of nitrogens with zero attached hydrogens (tertiary/aromatic N) is 2. The van der Waals surface area contributed by atoms with Gasteiger partial charge in [0.15, 0.2) is 5.76 Å². The van der Waals surface area contributed by atoms with Crippen LogP contribution >= 0.6 is 0 Å². The number of benzene rings is 1. The predicted octanol–water partition coefficient (Wildman–Crippen LogP) is 3.45. The third-order valence-corrected chi connectivity index (χ3v) is 7.94. The highest BCUT2D eigenvalue weighted by Gasteiger charge is 2.24. The smallest absolute Gasteiger partial charge is 0.286 e. The normalized spacial score (nSPS) is 14.3. The van der Waals surface area contributed by atoms with Gasteiger partial charge in [-0.15, -0.1) is 0 Å². The topological polar surface area (TPSA) is 112 Å². The summed E-state index contributed by atoms with van der Waals surface area (Å²) < 4.78 is 32.5. The van der Waals surface area contributed by atoms with Gasteiger partial charge in [0.25, 0.3) is 5.91 Å². The van der Waals surface area contributed by atoms with Crippen molar-refractivity contribution in [1.82, 2.24) is 9.62 Å². The first-order chi connectivity index (χ1) is 16.4. The number of carbonyl (C=O) groups is 2. The zero-order valence-electron chi connectivity index (χ0n) is 19.9. The molecule has 10 heteroatoms. The molecule has 0 atom stereocenters. The first kappa shape index (κ1) is 25.8. The van der Waals surface area contributed by atoms with Gasteiger partial charge in [-0.3, -0.25) is 9.59 Å². The number of hydrogen-bond acceptors (Lipinski definition) is 6. The summed E-state index contributed by atoms with van der Waals surface area (Å²) in [6.45, 7) is 6.40. The minimum absolute atomic E-state index is 0.165. The number of carbonyl (C=O) groups excluding carboxylic acids is 2. The molecule has 1 fully saturated rings. The number of nitrogens with one attached hydrogen (secondary N) is 2. The third-order valence-electron chi connectivity index (χ3n) is 5.89. The van der Waals surface area contributed by atoms with Crippen LogP contribution in [0.25, 0.3) is 0 Å². The van der Waals surface area contributed by atoms with Crippen LogP contribution in [0.4, 0.5) is 11.4 Å². The Hall–Kier alpha value is -2.85. The van der Waals surface area contributed by atoms with Gasteiger partial charge in [0.05, 0.1) is 22.5 Å². The third kappa shape index (κ3) is 6.38. The van der Waals surface area contributed by atoms with E-state index in [1.165, 1.54) is 10.6 Å². The molecule has 34 heavy (non-hydrogen) atoms. The molecule has 1 aliphatic heterocycles. The molecule has 2 heterocycles. The average molecular weight is 491 g/mol. The van der Waals surface area contributed by atoms with Gasteiger partial charge >= 0.3 is 0 Å². The Morgan fingerprint density at radius 3 is 2.47 bits per heavy atom. The summed E-state index contributed by atoms with van der Waals surface area (Å²) in [6.07, 6.45) is 5.33.